The van der Waals surface area contributed by atoms with E-state index in [-0.39, 0.29) is 10.8 Å². The van der Waals surface area contributed by atoms with E-state index in [4.69, 9.17) is 34.8 Å². The fraction of sp³-hybridized carbons (Fsp3) is 0.833. The molecule has 0 spiro atoms. The monoisotopic (exact) mass is 187 g/mol. The van der Waals surface area contributed by atoms with Gasteiger partial charge in [0.15, 0.2) is 0 Å². The molecule has 0 heterocycles. The molecule has 0 amide bonds. The lowest BCUT2D eigenvalue weighted by molar-refractivity contribution is 0.741. The quantitative estimate of drug-likeness (QED) is 0.593. The fourth-order valence-electron chi connectivity index (χ4n) is 0.489. The van der Waals surface area contributed by atoms with Crippen LogP contribution in [-0.4, -0.2) is 10.8 Å². The Morgan fingerprint density at radius 1 is 1.33 bits per heavy atom. The Kier molecular flexibility index (Phi) is 6.18. The van der Waals surface area contributed by atoms with E-state index in [1.807, 2.05) is 6.92 Å². The van der Waals surface area contributed by atoms with E-state index in [9.17, 15) is 0 Å². The minimum Gasteiger partial charge on any atom is -0.121 e. The van der Waals surface area contributed by atoms with Crippen LogP contribution in [0.5, 0.6) is 0 Å². The van der Waals surface area contributed by atoms with Gasteiger partial charge in [-0.1, -0.05) is 6.92 Å². The molecule has 55 valence electrons. The third kappa shape index (κ3) is 4.30. The van der Waals surface area contributed by atoms with Gasteiger partial charge in [0, 0.05) is 5.38 Å². The Morgan fingerprint density at radius 2 is 1.89 bits per heavy atom. The Bertz CT molecular complexity index is 65.3. The lowest BCUT2D eigenvalue weighted by atomic mass is 10.2. The first-order valence-corrected chi connectivity index (χ1v) is 4.23. The van der Waals surface area contributed by atoms with Crippen molar-refractivity contribution >= 4 is 34.8 Å². The molecular weight excluding hydrogens is 178 g/mol. The van der Waals surface area contributed by atoms with Gasteiger partial charge in [-0.3, -0.25) is 0 Å². The molecule has 0 N–H and O–H groups in total. The van der Waals surface area contributed by atoms with Gasteiger partial charge in [-0.05, 0) is 12.8 Å². The molecule has 0 aromatic heterocycles. The zero-order chi connectivity index (χ0) is 7.28. The summed E-state index contributed by atoms with van der Waals surface area (Å²) in [6.45, 7) is 2.00. The van der Waals surface area contributed by atoms with Crippen molar-refractivity contribution in [3.05, 3.63) is 5.88 Å². The van der Waals surface area contributed by atoms with Gasteiger partial charge in [0.05, 0.1) is 11.3 Å². The van der Waals surface area contributed by atoms with Crippen molar-refractivity contribution in [2.24, 2.45) is 0 Å². The van der Waals surface area contributed by atoms with Gasteiger partial charge in [0.25, 0.3) is 0 Å². The van der Waals surface area contributed by atoms with Crippen LogP contribution in [0.4, 0.5) is 0 Å². The van der Waals surface area contributed by atoms with Gasteiger partial charge in [-0.2, -0.15) is 0 Å². The van der Waals surface area contributed by atoms with Crippen molar-refractivity contribution < 1.29 is 0 Å². The SMILES string of the molecule is CCC(Cl)C(Cl)C[CH]Cl. The van der Waals surface area contributed by atoms with Crippen LogP contribution in [0.2, 0.25) is 0 Å². The van der Waals surface area contributed by atoms with Crippen molar-refractivity contribution in [1.82, 2.24) is 0 Å². The third-order valence-electron chi connectivity index (χ3n) is 1.10. The van der Waals surface area contributed by atoms with Gasteiger partial charge in [0.1, 0.15) is 0 Å². The molecule has 9 heavy (non-hydrogen) atoms. The number of rotatable bonds is 4. The van der Waals surface area contributed by atoms with Crippen LogP contribution in [0, 0.1) is 5.88 Å². The Hall–Kier alpha value is 0.870. The maximum atomic E-state index is 5.78. The second-order valence-corrected chi connectivity index (χ2v) is 3.26. The average Bonchev–Trinajstić information content (AvgIpc) is 1.87. The molecule has 0 aromatic carbocycles. The zero-order valence-electron chi connectivity index (χ0n) is 5.28. The van der Waals surface area contributed by atoms with E-state index in [0.29, 0.717) is 6.42 Å². The summed E-state index contributed by atoms with van der Waals surface area (Å²) in [7, 11) is 0. The zero-order valence-corrected chi connectivity index (χ0v) is 7.55. The van der Waals surface area contributed by atoms with Gasteiger partial charge < -0.3 is 0 Å². The molecule has 0 aliphatic rings. The average molecular weight is 189 g/mol. The Morgan fingerprint density at radius 3 is 2.22 bits per heavy atom. The van der Waals surface area contributed by atoms with Crippen molar-refractivity contribution in [1.29, 1.82) is 0 Å². The number of halogens is 3. The predicted molar refractivity (Wildman–Crippen MR) is 44.3 cm³/mol. The van der Waals surface area contributed by atoms with Gasteiger partial charge in [0.2, 0.25) is 0 Å². The van der Waals surface area contributed by atoms with Gasteiger partial charge in [-0.15, -0.1) is 34.8 Å². The molecule has 0 aliphatic heterocycles. The first-order valence-electron chi connectivity index (χ1n) is 2.92. The lowest BCUT2D eigenvalue weighted by Gasteiger charge is -2.11. The highest BCUT2D eigenvalue weighted by atomic mass is 35.5. The molecule has 0 bridgehead atoms. The van der Waals surface area contributed by atoms with Crippen LogP contribution >= 0.6 is 34.8 Å². The van der Waals surface area contributed by atoms with E-state index in [0.717, 1.165) is 6.42 Å². The second-order valence-electron chi connectivity index (χ2n) is 1.83. The van der Waals surface area contributed by atoms with Gasteiger partial charge in [-0.25, -0.2) is 0 Å². The minimum absolute atomic E-state index is 0.0193. The smallest absolute Gasteiger partial charge is 0.0514 e. The second kappa shape index (κ2) is 5.64. The Balaban J connectivity index is 3.32. The topological polar surface area (TPSA) is 0 Å². The lowest BCUT2D eigenvalue weighted by Crippen LogP contribution is -2.12. The van der Waals surface area contributed by atoms with E-state index in [1.54, 1.807) is 0 Å². The van der Waals surface area contributed by atoms with E-state index in [2.05, 4.69) is 0 Å². The Labute approximate surface area is 71.5 Å². The predicted octanol–water partition coefficient (Wildman–Crippen LogP) is 3.40. The summed E-state index contributed by atoms with van der Waals surface area (Å²) in [5.41, 5.74) is 0. The van der Waals surface area contributed by atoms with E-state index < -0.39 is 0 Å². The molecule has 0 nitrogen and oxygen atoms in total. The molecule has 1 radical (unpaired) electrons. The molecular formula is C6H10Cl3. The summed E-state index contributed by atoms with van der Waals surface area (Å²) in [6.07, 6.45) is 1.56. The largest absolute Gasteiger partial charge is 0.121 e. The van der Waals surface area contributed by atoms with Crippen LogP contribution in [0.3, 0.4) is 0 Å². The number of hydrogen-bond donors (Lipinski definition) is 0. The molecule has 3 heteroatoms. The summed E-state index contributed by atoms with van der Waals surface area (Å²) < 4.78 is 0. The van der Waals surface area contributed by atoms with Crippen molar-refractivity contribution in [2.75, 3.05) is 0 Å². The molecule has 0 fully saturated rings. The molecule has 0 aliphatic carbocycles. The highest BCUT2D eigenvalue weighted by Crippen LogP contribution is 2.18. The fourth-order valence-corrected chi connectivity index (χ4v) is 1.14. The van der Waals surface area contributed by atoms with Crippen LogP contribution in [-0.2, 0) is 0 Å². The van der Waals surface area contributed by atoms with Crippen LogP contribution in [0.1, 0.15) is 19.8 Å². The summed E-state index contributed by atoms with van der Waals surface area (Å²) in [4.78, 5) is 0. The minimum atomic E-state index is -0.0193. The molecule has 0 aromatic rings. The molecule has 0 rings (SSSR count). The standard InChI is InChI=1S/C6H10Cl3/c1-2-5(8)6(9)3-4-7/h4-6H,2-3H2,1H3. The van der Waals surface area contributed by atoms with E-state index >= 15 is 0 Å². The first-order chi connectivity index (χ1) is 4.22. The summed E-state index contributed by atoms with van der Waals surface area (Å²) in [6, 6.07) is 0. The molecule has 0 saturated carbocycles. The van der Waals surface area contributed by atoms with E-state index in [1.165, 1.54) is 5.88 Å². The maximum absolute atomic E-state index is 5.78. The third-order valence-corrected chi connectivity index (χ3v) is 2.50. The maximum Gasteiger partial charge on any atom is 0.0514 e. The van der Waals surface area contributed by atoms with Crippen molar-refractivity contribution in [2.45, 2.75) is 30.5 Å². The molecule has 2 atom stereocenters. The van der Waals surface area contributed by atoms with Crippen LogP contribution in [0.15, 0.2) is 0 Å². The molecule has 2 unspecified atom stereocenters. The van der Waals surface area contributed by atoms with Crippen LogP contribution < -0.4 is 0 Å². The summed E-state index contributed by atoms with van der Waals surface area (Å²) in [5.74, 6) is 1.52. The van der Waals surface area contributed by atoms with Crippen molar-refractivity contribution in [3.63, 3.8) is 0 Å². The van der Waals surface area contributed by atoms with Gasteiger partial charge >= 0.3 is 0 Å². The highest BCUT2D eigenvalue weighted by Gasteiger charge is 2.12. The molecule has 0 saturated heterocycles. The normalized spacial score (nSPS) is 17.3. The summed E-state index contributed by atoms with van der Waals surface area (Å²) in [5, 5.41) is 0.0239. The van der Waals surface area contributed by atoms with Crippen LogP contribution in [0.25, 0.3) is 0 Å². The first kappa shape index (κ1) is 9.87. The summed E-state index contributed by atoms with van der Waals surface area (Å²) >= 11 is 16.9. The van der Waals surface area contributed by atoms with Crippen molar-refractivity contribution in [3.8, 4) is 0 Å². The number of alkyl halides is 2. The number of hydrogen-bond acceptors (Lipinski definition) is 0. The highest BCUT2D eigenvalue weighted by molar-refractivity contribution is 6.30.